The molecular formula is C15H13IO3. The average Bonchev–Trinajstić information content (AvgIpc) is 2.46. The van der Waals surface area contributed by atoms with Crippen LogP contribution in [0.2, 0.25) is 0 Å². The highest BCUT2D eigenvalue weighted by Gasteiger charge is 2.10. The van der Waals surface area contributed by atoms with Gasteiger partial charge in [0.25, 0.3) is 0 Å². The van der Waals surface area contributed by atoms with E-state index in [9.17, 15) is 4.79 Å². The predicted octanol–water partition coefficient (Wildman–Crippen LogP) is 3.75. The monoisotopic (exact) mass is 368 g/mol. The number of methoxy groups -OCH3 is 2. The number of benzene rings is 2. The van der Waals surface area contributed by atoms with Crippen molar-refractivity contribution in [1.29, 1.82) is 0 Å². The third-order valence-electron chi connectivity index (χ3n) is 2.76. The molecule has 0 radical (unpaired) electrons. The first kappa shape index (κ1) is 13.9. The highest BCUT2D eigenvalue weighted by Crippen LogP contribution is 2.31. The Bertz CT molecular complexity index is 608. The highest BCUT2D eigenvalue weighted by atomic mass is 127. The van der Waals surface area contributed by atoms with E-state index in [0.717, 1.165) is 20.4 Å². The fourth-order valence-electron chi connectivity index (χ4n) is 1.84. The van der Waals surface area contributed by atoms with Crippen molar-refractivity contribution < 1.29 is 14.3 Å². The van der Waals surface area contributed by atoms with E-state index in [4.69, 9.17) is 9.47 Å². The largest absolute Gasteiger partial charge is 0.496 e. The van der Waals surface area contributed by atoms with Crippen LogP contribution in [0.1, 0.15) is 10.4 Å². The molecule has 2 aromatic carbocycles. The summed E-state index contributed by atoms with van der Waals surface area (Å²) in [5.41, 5.74) is 2.42. The van der Waals surface area contributed by atoms with Gasteiger partial charge in [-0.15, -0.1) is 0 Å². The lowest BCUT2D eigenvalue weighted by Crippen LogP contribution is -2.01. The van der Waals surface area contributed by atoms with Gasteiger partial charge in [0.05, 0.1) is 19.8 Å². The zero-order valence-corrected chi connectivity index (χ0v) is 12.8. The van der Waals surface area contributed by atoms with Crippen molar-refractivity contribution in [1.82, 2.24) is 0 Å². The molecule has 19 heavy (non-hydrogen) atoms. The highest BCUT2D eigenvalue weighted by molar-refractivity contribution is 14.1. The third kappa shape index (κ3) is 3.07. The lowest BCUT2D eigenvalue weighted by Gasteiger charge is -2.10. The van der Waals surface area contributed by atoms with E-state index in [1.807, 2.05) is 30.3 Å². The summed E-state index contributed by atoms with van der Waals surface area (Å²) in [5.74, 6) is 0.439. The van der Waals surface area contributed by atoms with Gasteiger partial charge in [0, 0.05) is 9.13 Å². The van der Waals surface area contributed by atoms with Crippen molar-refractivity contribution in [3.63, 3.8) is 0 Å². The van der Waals surface area contributed by atoms with Crippen molar-refractivity contribution >= 4 is 28.6 Å². The Morgan fingerprint density at radius 1 is 1.11 bits per heavy atom. The molecular weight excluding hydrogens is 355 g/mol. The third-order valence-corrected chi connectivity index (χ3v) is 3.43. The van der Waals surface area contributed by atoms with Crippen molar-refractivity contribution in [2.75, 3.05) is 14.2 Å². The zero-order chi connectivity index (χ0) is 13.8. The van der Waals surface area contributed by atoms with Gasteiger partial charge in [-0.25, -0.2) is 4.79 Å². The van der Waals surface area contributed by atoms with Crippen molar-refractivity contribution in [3.8, 4) is 16.9 Å². The minimum absolute atomic E-state index is 0.341. The number of rotatable bonds is 3. The van der Waals surface area contributed by atoms with Gasteiger partial charge in [-0.3, -0.25) is 0 Å². The van der Waals surface area contributed by atoms with Gasteiger partial charge < -0.3 is 9.47 Å². The normalized spacial score (nSPS) is 10.1. The molecule has 0 atom stereocenters. The van der Waals surface area contributed by atoms with Crippen molar-refractivity contribution in [2.45, 2.75) is 0 Å². The molecule has 98 valence electrons. The van der Waals surface area contributed by atoms with E-state index >= 15 is 0 Å². The van der Waals surface area contributed by atoms with Crippen molar-refractivity contribution in [2.24, 2.45) is 0 Å². The van der Waals surface area contributed by atoms with Crippen LogP contribution in [0.4, 0.5) is 0 Å². The Balaban J connectivity index is 2.52. The Labute approximate surface area is 125 Å². The first-order valence-electron chi connectivity index (χ1n) is 5.68. The molecule has 0 amide bonds. The van der Waals surface area contributed by atoms with Gasteiger partial charge in [0.15, 0.2) is 0 Å². The summed E-state index contributed by atoms with van der Waals surface area (Å²) in [6.07, 6.45) is 0. The van der Waals surface area contributed by atoms with Gasteiger partial charge in [0.2, 0.25) is 0 Å². The van der Waals surface area contributed by atoms with E-state index in [1.54, 1.807) is 19.2 Å². The Hall–Kier alpha value is -1.56. The quantitative estimate of drug-likeness (QED) is 0.612. The van der Waals surface area contributed by atoms with Crippen LogP contribution in [0.15, 0.2) is 42.5 Å². The molecule has 0 aliphatic heterocycles. The van der Waals surface area contributed by atoms with E-state index in [2.05, 4.69) is 22.6 Å². The molecule has 0 unspecified atom stereocenters. The minimum Gasteiger partial charge on any atom is -0.496 e. The number of halogens is 1. The van der Waals surface area contributed by atoms with E-state index in [-0.39, 0.29) is 5.97 Å². The maximum Gasteiger partial charge on any atom is 0.337 e. The van der Waals surface area contributed by atoms with Gasteiger partial charge in [-0.1, -0.05) is 12.1 Å². The SMILES string of the molecule is COC(=O)c1cccc(-c2cc(I)ccc2OC)c1. The second kappa shape index (κ2) is 6.06. The Kier molecular flexibility index (Phi) is 4.42. The average molecular weight is 368 g/mol. The number of carbonyl (C=O) groups is 1. The standard InChI is InChI=1S/C15H13IO3/c1-18-14-7-6-12(16)9-13(14)10-4-3-5-11(8-10)15(17)19-2/h3-9H,1-2H3. The number of esters is 1. The van der Waals surface area contributed by atoms with Crippen LogP contribution in [0.5, 0.6) is 5.75 Å². The summed E-state index contributed by atoms with van der Waals surface area (Å²) in [6.45, 7) is 0. The molecule has 0 aliphatic carbocycles. The second-order valence-corrected chi connectivity index (χ2v) is 5.16. The molecule has 2 rings (SSSR count). The summed E-state index contributed by atoms with van der Waals surface area (Å²) in [4.78, 5) is 11.6. The fraction of sp³-hybridized carbons (Fsp3) is 0.133. The number of hydrogen-bond acceptors (Lipinski definition) is 3. The molecule has 2 aromatic rings. The number of ether oxygens (including phenoxy) is 2. The molecule has 0 aromatic heterocycles. The first-order chi connectivity index (χ1) is 9.15. The van der Waals surface area contributed by atoms with E-state index in [1.165, 1.54) is 7.11 Å². The Morgan fingerprint density at radius 3 is 2.58 bits per heavy atom. The lowest BCUT2D eigenvalue weighted by atomic mass is 10.0. The molecule has 0 aliphatic rings. The van der Waals surface area contributed by atoms with Gasteiger partial charge in [-0.2, -0.15) is 0 Å². The summed E-state index contributed by atoms with van der Waals surface area (Å²) in [5, 5.41) is 0. The van der Waals surface area contributed by atoms with Gasteiger partial charge in [0.1, 0.15) is 5.75 Å². The van der Waals surface area contributed by atoms with Crippen molar-refractivity contribution in [3.05, 3.63) is 51.6 Å². The molecule has 0 spiro atoms. The topological polar surface area (TPSA) is 35.5 Å². The summed E-state index contributed by atoms with van der Waals surface area (Å²) in [6, 6.07) is 13.2. The maximum absolute atomic E-state index is 11.6. The van der Waals surface area contributed by atoms with Gasteiger partial charge in [-0.05, 0) is 58.5 Å². The molecule has 0 heterocycles. The van der Waals surface area contributed by atoms with Crippen LogP contribution >= 0.6 is 22.6 Å². The van der Waals surface area contributed by atoms with Crippen LogP contribution in [0, 0.1) is 3.57 Å². The van der Waals surface area contributed by atoms with E-state index < -0.39 is 0 Å². The molecule has 0 bridgehead atoms. The second-order valence-electron chi connectivity index (χ2n) is 3.92. The minimum atomic E-state index is -0.341. The molecule has 0 saturated heterocycles. The summed E-state index contributed by atoms with van der Waals surface area (Å²) < 4.78 is 11.2. The molecule has 0 fully saturated rings. The number of carbonyl (C=O) groups excluding carboxylic acids is 1. The van der Waals surface area contributed by atoms with Gasteiger partial charge >= 0.3 is 5.97 Å². The zero-order valence-electron chi connectivity index (χ0n) is 10.6. The van der Waals surface area contributed by atoms with Crippen LogP contribution in [0.3, 0.4) is 0 Å². The predicted molar refractivity (Wildman–Crippen MR) is 82.5 cm³/mol. The number of hydrogen-bond donors (Lipinski definition) is 0. The first-order valence-corrected chi connectivity index (χ1v) is 6.76. The maximum atomic E-state index is 11.6. The molecule has 0 N–H and O–H groups in total. The van der Waals surface area contributed by atoms with Crippen LogP contribution < -0.4 is 4.74 Å². The summed E-state index contributed by atoms with van der Waals surface area (Å²) >= 11 is 2.25. The fourth-order valence-corrected chi connectivity index (χ4v) is 2.33. The lowest BCUT2D eigenvalue weighted by molar-refractivity contribution is 0.0601. The Morgan fingerprint density at radius 2 is 1.89 bits per heavy atom. The molecule has 3 nitrogen and oxygen atoms in total. The molecule has 4 heteroatoms. The smallest absolute Gasteiger partial charge is 0.337 e. The van der Waals surface area contributed by atoms with Crippen LogP contribution in [0.25, 0.3) is 11.1 Å². The molecule has 0 saturated carbocycles. The van der Waals surface area contributed by atoms with Crippen LogP contribution in [-0.2, 0) is 4.74 Å². The summed E-state index contributed by atoms with van der Waals surface area (Å²) in [7, 11) is 3.01. The van der Waals surface area contributed by atoms with Crippen LogP contribution in [-0.4, -0.2) is 20.2 Å². The van der Waals surface area contributed by atoms with E-state index in [0.29, 0.717) is 5.56 Å².